The van der Waals surface area contributed by atoms with Crippen molar-refractivity contribution in [3.63, 3.8) is 0 Å². The number of nitrogens with one attached hydrogen (secondary N) is 1. The van der Waals surface area contributed by atoms with Crippen LogP contribution in [0.2, 0.25) is 0 Å². The van der Waals surface area contributed by atoms with Crippen molar-refractivity contribution in [3.05, 3.63) is 23.8 Å². The van der Waals surface area contributed by atoms with Gasteiger partial charge in [0.05, 0.1) is 13.2 Å². The molecule has 1 N–H and O–H groups in total. The van der Waals surface area contributed by atoms with Gasteiger partial charge in [-0.3, -0.25) is 4.79 Å². The molecule has 0 bridgehead atoms. The Morgan fingerprint density at radius 1 is 1.21 bits per heavy atom. The quantitative estimate of drug-likeness (QED) is 0.825. The zero-order valence-electron chi connectivity index (χ0n) is 10.7. The Kier molecular flexibility index (Phi) is 3.66. The molecular formula is C14H17NO4. The van der Waals surface area contributed by atoms with Crippen LogP contribution in [0.4, 0.5) is 0 Å². The first kappa shape index (κ1) is 12.4. The molecule has 102 valence electrons. The van der Waals surface area contributed by atoms with E-state index in [0.717, 1.165) is 6.54 Å². The minimum atomic E-state index is 0.0972. The Labute approximate surface area is 111 Å². The summed E-state index contributed by atoms with van der Waals surface area (Å²) in [5.41, 5.74) is 0.664. The molecule has 5 heteroatoms. The highest BCUT2D eigenvalue weighted by Gasteiger charge is 2.20. The molecule has 0 saturated carbocycles. The first-order chi connectivity index (χ1) is 9.33. The zero-order chi connectivity index (χ0) is 13.1. The lowest BCUT2D eigenvalue weighted by atomic mass is 10.0. The first-order valence-corrected chi connectivity index (χ1v) is 6.57. The number of ether oxygens (including phenoxy) is 3. The van der Waals surface area contributed by atoms with Crippen LogP contribution in [0.5, 0.6) is 11.5 Å². The minimum Gasteiger partial charge on any atom is -0.486 e. The van der Waals surface area contributed by atoms with Gasteiger partial charge in [0, 0.05) is 24.6 Å². The largest absolute Gasteiger partial charge is 0.486 e. The molecule has 2 aliphatic heterocycles. The fourth-order valence-corrected chi connectivity index (χ4v) is 2.31. The van der Waals surface area contributed by atoms with Gasteiger partial charge in [-0.15, -0.1) is 0 Å². The van der Waals surface area contributed by atoms with E-state index in [9.17, 15) is 4.79 Å². The smallest absolute Gasteiger partial charge is 0.164 e. The van der Waals surface area contributed by atoms with Gasteiger partial charge in [0.25, 0.3) is 0 Å². The maximum absolute atomic E-state index is 12.2. The summed E-state index contributed by atoms with van der Waals surface area (Å²) in [6, 6.07) is 5.46. The number of ketones is 1. The molecule has 0 amide bonds. The summed E-state index contributed by atoms with van der Waals surface area (Å²) in [7, 11) is 0. The zero-order valence-corrected chi connectivity index (χ0v) is 10.7. The lowest BCUT2D eigenvalue weighted by Crippen LogP contribution is -2.42. The van der Waals surface area contributed by atoms with Gasteiger partial charge in [-0.1, -0.05) is 0 Å². The van der Waals surface area contributed by atoms with Crippen molar-refractivity contribution in [2.75, 3.05) is 33.0 Å². The van der Waals surface area contributed by atoms with E-state index in [1.54, 1.807) is 18.2 Å². The molecule has 3 rings (SSSR count). The Hall–Kier alpha value is -1.59. The van der Waals surface area contributed by atoms with Crippen molar-refractivity contribution in [3.8, 4) is 11.5 Å². The molecule has 1 fully saturated rings. The van der Waals surface area contributed by atoms with Crippen LogP contribution in [0.1, 0.15) is 16.8 Å². The second kappa shape index (κ2) is 5.59. The second-order valence-electron chi connectivity index (χ2n) is 4.71. The summed E-state index contributed by atoms with van der Waals surface area (Å²) in [4.78, 5) is 12.2. The molecule has 5 nitrogen and oxygen atoms in total. The van der Waals surface area contributed by atoms with Crippen molar-refractivity contribution in [1.29, 1.82) is 0 Å². The molecule has 19 heavy (non-hydrogen) atoms. The third kappa shape index (κ3) is 2.88. The van der Waals surface area contributed by atoms with Gasteiger partial charge in [-0.25, -0.2) is 0 Å². The molecule has 1 unspecified atom stereocenters. The molecule has 0 radical (unpaired) electrons. The number of hydrogen-bond acceptors (Lipinski definition) is 5. The molecule has 2 heterocycles. The van der Waals surface area contributed by atoms with Crippen LogP contribution < -0.4 is 14.8 Å². The van der Waals surface area contributed by atoms with E-state index in [4.69, 9.17) is 14.2 Å². The molecule has 2 aliphatic rings. The van der Waals surface area contributed by atoms with Crippen LogP contribution in [0, 0.1) is 0 Å². The van der Waals surface area contributed by atoms with E-state index >= 15 is 0 Å². The Bertz CT molecular complexity index is 469. The van der Waals surface area contributed by atoms with Gasteiger partial charge in [-0.05, 0) is 18.2 Å². The highest BCUT2D eigenvalue weighted by molar-refractivity contribution is 5.97. The van der Waals surface area contributed by atoms with Crippen LogP contribution in [0.25, 0.3) is 0 Å². The highest BCUT2D eigenvalue weighted by Crippen LogP contribution is 2.31. The van der Waals surface area contributed by atoms with Gasteiger partial charge >= 0.3 is 0 Å². The Morgan fingerprint density at radius 3 is 2.84 bits per heavy atom. The number of carbonyl (C=O) groups excluding carboxylic acids is 1. The molecule has 1 aromatic rings. The van der Waals surface area contributed by atoms with E-state index < -0.39 is 0 Å². The number of rotatable bonds is 3. The van der Waals surface area contributed by atoms with Crippen LogP contribution in [0.15, 0.2) is 18.2 Å². The maximum atomic E-state index is 12.2. The van der Waals surface area contributed by atoms with Crippen molar-refractivity contribution < 1.29 is 19.0 Å². The van der Waals surface area contributed by atoms with Crippen molar-refractivity contribution in [1.82, 2.24) is 5.32 Å². The first-order valence-electron chi connectivity index (χ1n) is 6.57. The number of morpholine rings is 1. The lowest BCUT2D eigenvalue weighted by molar-refractivity contribution is 0.0675. The SMILES string of the molecule is O=C(CC1COCCN1)c1ccc2c(c1)OCCO2. The predicted octanol–water partition coefficient (Wildman–Crippen LogP) is 1.02. The standard InChI is InChI=1S/C14H17NO4/c16-12(8-11-9-17-4-3-15-11)10-1-2-13-14(7-10)19-6-5-18-13/h1-2,7,11,15H,3-6,8-9H2. The number of Topliss-reactive ketones (excluding diaryl/α,β-unsaturated/α-hetero) is 1. The van der Waals surface area contributed by atoms with Gasteiger partial charge in [-0.2, -0.15) is 0 Å². The molecule has 1 aromatic carbocycles. The van der Waals surface area contributed by atoms with Crippen LogP contribution in [-0.4, -0.2) is 44.8 Å². The monoisotopic (exact) mass is 263 g/mol. The summed E-state index contributed by atoms with van der Waals surface area (Å²) in [6.45, 7) is 3.20. The van der Waals surface area contributed by atoms with Gasteiger partial charge in [0.15, 0.2) is 17.3 Å². The predicted molar refractivity (Wildman–Crippen MR) is 69.0 cm³/mol. The van der Waals surface area contributed by atoms with Gasteiger partial charge < -0.3 is 19.5 Å². The summed E-state index contributed by atoms with van der Waals surface area (Å²) in [5, 5.41) is 3.28. The average molecular weight is 263 g/mol. The fourth-order valence-electron chi connectivity index (χ4n) is 2.31. The van der Waals surface area contributed by atoms with Gasteiger partial charge in [0.1, 0.15) is 13.2 Å². The summed E-state index contributed by atoms with van der Waals surface area (Å²) < 4.78 is 16.3. The Morgan fingerprint density at radius 2 is 2.05 bits per heavy atom. The summed E-state index contributed by atoms with van der Waals surface area (Å²) in [5.74, 6) is 1.46. The minimum absolute atomic E-state index is 0.0972. The van der Waals surface area contributed by atoms with Gasteiger partial charge in [0.2, 0.25) is 0 Å². The molecule has 1 atom stereocenters. The summed E-state index contributed by atoms with van der Waals surface area (Å²) >= 11 is 0. The van der Waals surface area contributed by atoms with Crippen molar-refractivity contribution in [2.24, 2.45) is 0 Å². The van der Waals surface area contributed by atoms with E-state index in [1.807, 2.05) is 0 Å². The molecular weight excluding hydrogens is 246 g/mol. The topological polar surface area (TPSA) is 56.8 Å². The highest BCUT2D eigenvalue weighted by atomic mass is 16.6. The van der Waals surface area contributed by atoms with E-state index in [-0.39, 0.29) is 11.8 Å². The lowest BCUT2D eigenvalue weighted by Gasteiger charge is -2.23. The molecule has 0 spiro atoms. The van der Waals surface area contributed by atoms with Crippen molar-refractivity contribution in [2.45, 2.75) is 12.5 Å². The fraction of sp³-hybridized carbons (Fsp3) is 0.500. The molecule has 0 aliphatic carbocycles. The number of hydrogen-bond donors (Lipinski definition) is 1. The normalized spacial score (nSPS) is 22.0. The van der Waals surface area contributed by atoms with Crippen molar-refractivity contribution >= 4 is 5.78 Å². The van der Waals surface area contributed by atoms with E-state index in [1.165, 1.54) is 0 Å². The van der Waals surface area contributed by atoms with Crippen LogP contribution >= 0.6 is 0 Å². The summed E-state index contributed by atoms with van der Waals surface area (Å²) in [6.07, 6.45) is 0.444. The third-order valence-corrected chi connectivity index (χ3v) is 3.29. The Balaban J connectivity index is 1.69. The number of carbonyl (C=O) groups is 1. The van der Waals surface area contributed by atoms with E-state index in [2.05, 4.69) is 5.32 Å². The third-order valence-electron chi connectivity index (χ3n) is 3.29. The molecule has 1 saturated heterocycles. The average Bonchev–Trinajstić information content (AvgIpc) is 2.48. The van der Waals surface area contributed by atoms with E-state index in [0.29, 0.717) is 49.9 Å². The van der Waals surface area contributed by atoms with Crippen LogP contribution in [-0.2, 0) is 4.74 Å². The number of benzene rings is 1. The molecule has 0 aromatic heterocycles. The number of fused-ring (bicyclic) bond motifs is 1. The second-order valence-corrected chi connectivity index (χ2v) is 4.71. The maximum Gasteiger partial charge on any atom is 0.164 e. The van der Waals surface area contributed by atoms with Crippen LogP contribution in [0.3, 0.4) is 0 Å².